The smallest absolute Gasteiger partial charge is 0.313 e. The first-order valence-electron chi connectivity index (χ1n) is 8.43. The number of para-hydroxylation sites is 2. The normalized spacial score (nSPS) is 14.9. The van der Waals surface area contributed by atoms with Crippen LogP contribution in [0, 0.1) is 0 Å². The van der Waals surface area contributed by atoms with Crippen molar-refractivity contribution in [3.8, 4) is 5.75 Å². The molecule has 0 spiro atoms. The van der Waals surface area contributed by atoms with Gasteiger partial charge in [-0.05, 0) is 19.1 Å². The van der Waals surface area contributed by atoms with Gasteiger partial charge >= 0.3 is 11.8 Å². The van der Waals surface area contributed by atoms with Crippen LogP contribution in [0.25, 0.3) is 0 Å². The molecule has 1 fully saturated rings. The van der Waals surface area contributed by atoms with E-state index < -0.39 is 11.8 Å². The molecule has 0 aromatic heterocycles. The molecular formula is C17H26N3O4+. The zero-order valence-corrected chi connectivity index (χ0v) is 14.1. The highest BCUT2D eigenvalue weighted by Gasteiger charge is 2.16. The predicted octanol–water partition coefficient (Wildman–Crippen LogP) is -0.555. The first-order chi connectivity index (χ1) is 11.7. The average molecular weight is 336 g/mol. The SMILES string of the molecule is CCOc1ccccc1NC(=O)C(=O)NCCC[NH+]1CCOCC1. The fraction of sp³-hybridized carbons (Fsp3) is 0.529. The third-order valence-corrected chi connectivity index (χ3v) is 3.83. The summed E-state index contributed by atoms with van der Waals surface area (Å²) in [6.07, 6.45) is 0.837. The summed E-state index contributed by atoms with van der Waals surface area (Å²) in [7, 11) is 0. The predicted molar refractivity (Wildman–Crippen MR) is 90.3 cm³/mol. The van der Waals surface area contributed by atoms with Crippen molar-refractivity contribution in [3.05, 3.63) is 24.3 Å². The van der Waals surface area contributed by atoms with Gasteiger partial charge in [0.05, 0.1) is 32.1 Å². The number of rotatable bonds is 7. The molecule has 1 aromatic rings. The highest BCUT2D eigenvalue weighted by atomic mass is 16.5. The third kappa shape index (κ3) is 5.82. The number of hydrogen-bond donors (Lipinski definition) is 3. The van der Waals surface area contributed by atoms with Gasteiger partial charge in [-0.1, -0.05) is 12.1 Å². The van der Waals surface area contributed by atoms with E-state index in [1.54, 1.807) is 18.2 Å². The van der Waals surface area contributed by atoms with Crippen LogP contribution in [0.4, 0.5) is 5.69 Å². The number of carbonyl (C=O) groups is 2. The van der Waals surface area contributed by atoms with Gasteiger partial charge in [-0.15, -0.1) is 0 Å². The van der Waals surface area contributed by atoms with E-state index in [1.807, 2.05) is 13.0 Å². The zero-order chi connectivity index (χ0) is 17.2. The van der Waals surface area contributed by atoms with E-state index in [9.17, 15) is 9.59 Å². The summed E-state index contributed by atoms with van der Waals surface area (Å²) < 4.78 is 10.7. The molecule has 0 unspecified atom stereocenters. The number of anilines is 1. The minimum absolute atomic E-state index is 0.489. The summed E-state index contributed by atoms with van der Waals surface area (Å²) >= 11 is 0. The number of ether oxygens (including phenoxy) is 2. The van der Waals surface area contributed by atoms with E-state index in [4.69, 9.17) is 9.47 Å². The van der Waals surface area contributed by atoms with Crippen LogP contribution in [-0.4, -0.2) is 57.8 Å². The molecule has 24 heavy (non-hydrogen) atoms. The van der Waals surface area contributed by atoms with Crippen LogP contribution < -0.4 is 20.3 Å². The van der Waals surface area contributed by atoms with Crippen LogP contribution >= 0.6 is 0 Å². The molecule has 2 rings (SSSR count). The van der Waals surface area contributed by atoms with Gasteiger partial charge in [-0.3, -0.25) is 9.59 Å². The molecule has 0 aliphatic carbocycles. The molecule has 1 heterocycles. The molecule has 1 aliphatic heterocycles. The molecule has 0 radical (unpaired) electrons. The second-order valence-electron chi connectivity index (χ2n) is 5.61. The summed E-state index contributed by atoms with van der Waals surface area (Å²) in [6.45, 7) is 7.41. The van der Waals surface area contributed by atoms with Crippen molar-refractivity contribution in [1.82, 2.24) is 5.32 Å². The van der Waals surface area contributed by atoms with Crippen LogP contribution in [0.15, 0.2) is 24.3 Å². The van der Waals surface area contributed by atoms with Gasteiger partial charge in [0.2, 0.25) is 0 Å². The topological polar surface area (TPSA) is 81.1 Å². The van der Waals surface area contributed by atoms with E-state index >= 15 is 0 Å². The highest BCUT2D eigenvalue weighted by molar-refractivity contribution is 6.39. The number of nitrogens with one attached hydrogen (secondary N) is 3. The lowest BCUT2D eigenvalue weighted by Gasteiger charge is -2.23. The Morgan fingerprint density at radius 2 is 1.96 bits per heavy atom. The number of morpholine rings is 1. The number of benzene rings is 1. The van der Waals surface area contributed by atoms with Crippen LogP contribution in [0.1, 0.15) is 13.3 Å². The monoisotopic (exact) mass is 336 g/mol. The van der Waals surface area contributed by atoms with Crippen molar-refractivity contribution in [1.29, 1.82) is 0 Å². The Labute approximate surface area is 142 Å². The molecule has 0 bridgehead atoms. The van der Waals surface area contributed by atoms with E-state index in [0.29, 0.717) is 24.6 Å². The van der Waals surface area contributed by atoms with Gasteiger partial charge in [0.15, 0.2) is 0 Å². The minimum Gasteiger partial charge on any atom is -0.492 e. The second kappa shape index (κ2) is 9.89. The number of hydrogen-bond acceptors (Lipinski definition) is 4. The Morgan fingerprint density at radius 1 is 1.21 bits per heavy atom. The van der Waals surface area contributed by atoms with Crippen molar-refractivity contribution in [2.75, 3.05) is 51.3 Å². The van der Waals surface area contributed by atoms with Gasteiger partial charge in [-0.25, -0.2) is 0 Å². The summed E-state index contributed by atoms with van der Waals surface area (Å²) in [5, 5.41) is 5.25. The highest BCUT2D eigenvalue weighted by Crippen LogP contribution is 2.23. The summed E-state index contributed by atoms with van der Waals surface area (Å²) in [4.78, 5) is 25.3. The molecule has 2 amide bonds. The van der Waals surface area contributed by atoms with Crippen LogP contribution in [0.2, 0.25) is 0 Å². The standard InChI is InChI=1S/C17H25N3O4/c1-2-24-15-7-4-3-6-14(15)19-17(22)16(21)18-8-5-9-20-10-12-23-13-11-20/h3-4,6-7H,2,5,8-13H2,1H3,(H,18,21)(H,19,22)/p+1. The van der Waals surface area contributed by atoms with Gasteiger partial charge in [0, 0.05) is 13.0 Å². The molecule has 3 N–H and O–H groups in total. The molecular weight excluding hydrogens is 310 g/mol. The maximum absolute atomic E-state index is 12.0. The Bertz CT molecular complexity index is 544. The summed E-state index contributed by atoms with van der Waals surface area (Å²) in [5.41, 5.74) is 0.497. The molecule has 1 saturated heterocycles. The summed E-state index contributed by atoms with van der Waals surface area (Å²) in [5.74, 6) is -0.754. The van der Waals surface area contributed by atoms with Crippen LogP contribution in [0.3, 0.4) is 0 Å². The Kier molecular flexibility index (Phi) is 7.51. The number of carbonyl (C=O) groups excluding carboxylic acids is 2. The van der Waals surface area contributed by atoms with Crippen molar-refractivity contribution in [2.24, 2.45) is 0 Å². The van der Waals surface area contributed by atoms with Gasteiger partial charge in [0.1, 0.15) is 18.8 Å². The maximum Gasteiger partial charge on any atom is 0.313 e. The average Bonchev–Trinajstić information content (AvgIpc) is 2.61. The lowest BCUT2D eigenvalue weighted by Crippen LogP contribution is -3.14. The van der Waals surface area contributed by atoms with E-state index in [-0.39, 0.29) is 0 Å². The van der Waals surface area contributed by atoms with Gasteiger partial charge in [0.25, 0.3) is 0 Å². The van der Waals surface area contributed by atoms with E-state index in [0.717, 1.165) is 39.3 Å². The van der Waals surface area contributed by atoms with Crippen molar-refractivity contribution in [2.45, 2.75) is 13.3 Å². The van der Waals surface area contributed by atoms with Crippen LogP contribution in [0.5, 0.6) is 5.75 Å². The fourth-order valence-corrected chi connectivity index (χ4v) is 2.56. The van der Waals surface area contributed by atoms with Gasteiger partial charge < -0.3 is 25.0 Å². The zero-order valence-electron chi connectivity index (χ0n) is 14.1. The van der Waals surface area contributed by atoms with E-state index in [1.165, 1.54) is 4.90 Å². The molecule has 132 valence electrons. The molecule has 7 nitrogen and oxygen atoms in total. The molecule has 1 aliphatic rings. The quantitative estimate of drug-likeness (QED) is 0.461. The second-order valence-corrected chi connectivity index (χ2v) is 5.61. The van der Waals surface area contributed by atoms with Crippen molar-refractivity contribution < 1.29 is 24.0 Å². The molecule has 0 saturated carbocycles. The van der Waals surface area contributed by atoms with E-state index in [2.05, 4.69) is 10.6 Å². The van der Waals surface area contributed by atoms with Crippen LogP contribution in [-0.2, 0) is 14.3 Å². The molecule has 1 aromatic carbocycles. The Balaban J connectivity index is 1.71. The van der Waals surface area contributed by atoms with Gasteiger partial charge in [-0.2, -0.15) is 0 Å². The third-order valence-electron chi connectivity index (χ3n) is 3.83. The number of amides is 2. The first kappa shape index (κ1) is 18.2. The minimum atomic E-state index is -0.680. The lowest BCUT2D eigenvalue weighted by molar-refractivity contribution is -0.908. The maximum atomic E-state index is 12.0. The lowest BCUT2D eigenvalue weighted by atomic mass is 10.3. The Hall–Kier alpha value is -2.12. The summed E-state index contributed by atoms with van der Waals surface area (Å²) in [6, 6.07) is 7.05. The molecule has 7 heteroatoms. The van der Waals surface area contributed by atoms with Crippen molar-refractivity contribution >= 4 is 17.5 Å². The molecule has 0 atom stereocenters. The number of quaternary nitrogens is 1. The first-order valence-corrected chi connectivity index (χ1v) is 8.43. The fourth-order valence-electron chi connectivity index (χ4n) is 2.56. The largest absolute Gasteiger partial charge is 0.492 e. The van der Waals surface area contributed by atoms with Crippen molar-refractivity contribution in [3.63, 3.8) is 0 Å². The Morgan fingerprint density at radius 3 is 2.71 bits per heavy atom.